The molecular formula is C12H12O3. The van der Waals surface area contributed by atoms with Crippen LogP contribution in [0.5, 0.6) is 0 Å². The third-order valence-corrected chi connectivity index (χ3v) is 2.62. The maximum Gasteiger partial charge on any atom is 0.510 e. The van der Waals surface area contributed by atoms with Crippen LogP contribution in [0.3, 0.4) is 0 Å². The van der Waals surface area contributed by atoms with Crippen LogP contribution in [0, 0.1) is 0 Å². The molecule has 2 rings (SSSR count). The Labute approximate surface area is 88.3 Å². The highest BCUT2D eigenvalue weighted by molar-refractivity contribution is 5.64. The van der Waals surface area contributed by atoms with E-state index in [9.17, 15) is 4.79 Å². The Balaban J connectivity index is 2.41. The summed E-state index contributed by atoms with van der Waals surface area (Å²) in [5.41, 5.74) is 0.140. The number of carbonyl (C=O) groups excluding carboxylic acids is 1. The summed E-state index contributed by atoms with van der Waals surface area (Å²) in [6.45, 7) is 5.46. The van der Waals surface area contributed by atoms with Gasteiger partial charge in [-0.2, -0.15) is 0 Å². The zero-order valence-corrected chi connectivity index (χ0v) is 8.47. The average molecular weight is 204 g/mol. The lowest BCUT2D eigenvalue weighted by Crippen LogP contribution is -2.32. The number of carbonyl (C=O) groups is 1. The number of hydrogen-bond acceptors (Lipinski definition) is 3. The van der Waals surface area contributed by atoms with Crippen molar-refractivity contribution in [1.82, 2.24) is 0 Å². The van der Waals surface area contributed by atoms with Crippen LogP contribution in [0.25, 0.3) is 0 Å². The van der Waals surface area contributed by atoms with Gasteiger partial charge in [0.05, 0.1) is 0 Å². The molecule has 0 unspecified atom stereocenters. The van der Waals surface area contributed by atoms with Gasteiger partial charge in [-0.3, -0.25) is 0 Å². The highest BCUT2D eigenvalue weighted by Gasteiger charge is 2.47. The third kappa shape index (κ3) is 1.50. The molecule has 0 saturated carbocycles. The van der Waals surface area contributed by atoms with E-state index in [1.165, 1.54) is 0 Å². The zero-order valence-electron chi connectivity index (χ0n) is 8.47. The van der Waals surface area contributed by atoms with Crippen LogP contribution >= 0.6 is 0 Å². The first-order valence-corrected chi connectivity index (χ1v) is 4.74. The van der Waals surface area contributed by atoms with E-state index in [1.807, 2.05) is 37.3 Å². The maximum absolute atomic E-state index is 11.1. The van der Waals surface area contributed by atoms with Crippen LogP contribution in [0.1, 0.15) is 12.5 Å². The van der Waals surface area contributed by atoms with Crippen molar-refractivity contribution < 1.29 is 14.3 Å². The summed E-state index contributed by atoms with van der Waals surface area (Å²) in [7, 11) is 0. The Morgan fingerprint density at radius 1 is 1.40 bits per heavy atom. The second kappa shape index (κ2) is 3.42. The van der Waals surface area contributed by atoms with Crippen LogP contribution in [-0.4, -0.2) is 12.3 Å². The molecule has 1 aliphatic heterocycles. The summed E-state index contributed by atoms with van der Waals surface area (Å²) >= 11 is 0. The Bertz CT molecular complexity index is 385. The van der Waals surface area contributed by atoms with Gasteiger partial charge in [0.1, 0.15) is 0 Å². The van der Waals surface area contributed by atoms with Gasteiger partial charge in [-0.05, 0) is 18.6 Å². The van der Waals surface area contributed by atoms with E-state index in [0.717, 1.165) is 5.56 Å². The summed E-state index contributed by atoms with van der Waals surface area (Å²) in [4.78, 5) is 11.1. The summed E-state index contributed by atoms with van der Waals surface area (Å²) < 4.78 is 10.2. The van der Waals surface area contributed by atoms with E-state index in [0.29, 0.717) is 0 Å². The quantitative estimate of drug-likeness (QED) is 0.548. The lowest BCUT2D eigenvalue weighted by Gasteiger charge is -2.24. The van der Waals surface area contributed by atoms with Crippen LogP contribution < -0.4 is 0 Å². The van der Waals surface area contributed by atoms with Crippen molar-refractivity contribution in [2.24, 2.45) is 0 Å². The van der Waals surface area contributed by atoms with Crippen molar-refractivity contribution in [3.8, 4) is 0 Å². The Hall–Kier alpha value is -1.77. The second-order valence-electron chi connectivity index (χ2n) is 3.60. The van der Waals surface area contributed by atoms with E-state index in [4.69, 9.17) is 9.47 Å². The fourth-order valence-electron chi connectivity index (χ4n) is 1.74. The maximum atomic E-state index is 11.1. The molecule has 0 radical (unpaired) electrons. The molecular weight excluding hydrogens is 192 g/mol. The Morgan fingerprint density at radius 3 is 2.67 bits per heavy atom. The number of cyclic esters (lactones) is 2. The molecule has 3 nitrogen and oxygen atoms in total. The molecule has 78 valence electrons. The number of benzene rings is 1. The minimum atomic E-state index is -0.764. The summed E-state index contributed by atoms with van der Waals surface area (Å²) in [5, 5.41) is 0. The molecule has 3 heteroatoms. The van der Waals surface area contributed by atoms with Gasteiger partial charge in [-0.25, -0.2) is 4.79 Å². The van der Waals surface area contributed by atoms with Gasteiger partial charge in [0, 0.05) is 0 Å². The topological polar surface area (TPSA) is 35.5 Å². The molecule has 0 N–H and O–H groups in total. The fraction of sp³-hybridized carbons (Fsp3) is 0.250. The van der Waals surface area contributed by atoms with Crippen LogP contribution in [-0.2, 0) is 15.1 Å². The van der Waals surface area contributed by atoms with Crippen molar-refractivity contribution in [2.75, 3.05) is 0 Å². The Kier molecular flexibility index (Phi) is 2.23. The summed E-state index contributed by atoms with van der Waals surface area (Å²) in [6, 6.07) is 9.50. The lowest BCUT2D eigenvalue weighted by molar-refractivity contribution is 0.0577. The lowest BCUT2D eigenvalue weighted by atomic mass is 9.90. The molecule has 1 saturated heterocycles. The van der Waals surface area contributed by atoms with Gasteiger partial charge in [0.25, 0.3) is 0 Å². The van der Waals surface area contributed by atoms with Crippen molar-refractivity contribution in [2.45, 2.75) is 18.6 Å². The predicted octanol–water partition coefficient (Wildman–Crippen LogP) is 2.62. The summed E-state index contributed by atoms with van der Waals surface area (Å²) in [5.74, 6) is 0. The molecule has 1 aromatic rings. The van der Waals surface area contributed by atoms with Crippen LogP contribution in [0.2, 0.25) is 0 Å². The molecule has 0 aromatic heterocycles. The number of ether oxygens (including phenoxy) is 2. The molecule has 0 aliphatic carbocycles. The molecule has 1 heterocycles. The van der Waals surface area contributed by atoms with Gasteiger partial charge in [0.15, 0.2) is 11.7 Å². The van der Waals surface area contributed by atoms with Gasteiger partial charge in [-0.1, -0.05) is 36.9 Å². The van der Waals surface area contributed by atoms with Crippen molar-refractivity contribution in [1.29, 1.82) is 0 Å². The van der Waals surface area contributed by atoms with Gasteiger partial charge in [0.2, 0.25) is 0 Å². The predicted molar refractivity (Wildman–Crippen MR) is 55.3 cm³/mol. The van der Waals surface area contributed by atoms with Gasteiger partial charge in [-0.15, -0.1) is 0 Å². The fourth-order valence-corrected chi connectivity index (χ4v) is 1.74. The molecule has 2 atom stereocenters. The first-order valence-electron chi connectivity index (χ1n) is 4.74. The van der Waals surface area contributed by atoms with Crippen LogP contribution in [0.4, 0.5) is 4.79 Å². The van der Waals surface area contributed by atoms with Crippen molar-refractivity contribution in [3.63, 3.8) is 0 Å². The highest BCUT2D eigenvalue weighted by Crippen LogP contribution is 2.37. The average Bonchev–Trinajstić information content (AvgIpc) is 2.56. The van der Waals surface area contributed by atoms with Crippen molar-refractivity contribution >= 4 is 6.16 Å². The van der Waals surface area contributed by atoms with E-state index in [-0.39, 0.29) is 0 Å². The van der Waals surface area contributed by atoms with E-state index < -0.39 is 17.9 Å². The minimum Gasteiger partial charge on any atom is -0.422 e. The largest absolute Gasteiger partial charge is 0.510 e. The Morgan fingerprint density at radius 2 is 2.07 bits per heavy atom. The first kappa shape index (κ1) is 9.77. The van der Waals surface area contributed by atoms with E-state index in [1.54, 1.807) is 6.08 Å². The monoisotopic (exact) mass is 204 g/mol. The smallest absolute Gasteiger partial charge is 0.422 e. The SMILES string of the molecule is C=C[C@H]1OC(=O)O[C@]1(C)c1ccccc1. The molecule has 0 bridgehead atoms. The molecule has 1 aromatic carbocycles. The molecule has 0 amide bonds. The molecule has 1 fully saturated rings. The minimum absolute atomic E-state index is 0.438. The first-order chi connectivity index (χ1) is 7.16. The standard InChI is InChI=1S/C12H12O3/c1-3-10-12(2,15-11(13)14-10)9-7-5-4-6-8-9/h3-8,10H,1H2,2H3/t10-,12-/m1/s1. The van der Waals surface area contributed by atoms with E-state index >= 15 is 0 Å². The zero-order chi connectivity index (χ0) is 10.9. The third-order valence-electron chi connectivity index (χ3n) is 2.62. The van der Waals surface area contributed by atoms with Crippen molar-refractivity contribution in [3.05, 3.63) is 48.6 Å². The highest BCUT2D eigenvalue weighted by atomic mass is 16.8. The molecule has 0 spiro atoms. The number of rotatable bonds is 2. The van der Waals surface area contributed by atoms with Crippen LogP contribution in [0.15, 0.2) is 43.0 Å². The molecule has 1 aliphatic rings. The second-order valence-corrected chi connectivity index (χ2v) is 3.60. The van der Waals surface area contributed by atoms with E-state index in [2.05, 4.69) is 6.58 Å². The summed E-state index contributed by atoms with van der Waals surface area (Å²) in [6.07, 6.45) is 0.497. The molecule has 15 heavy (non-hydrogen) atoms. The van der Waals surface area contributed by atoms with Gasteiger partial charge >= 0.3 is 6.16 Å². The van der Waals surface area contributed by atoms with Gasteiger partial charge < -0.3 is 9.47 Å². The normalized spacial score (nSPS) is 29.4. The number of hydrogen-bond donors (Lipinski definition) is 0.